The first kappa shape index (κ1) is 30.5. The standard InChI is InChI=1S/C37H41ClN6O2/c1-25-18-29(44-17-7-14-37(24-44)13-6-16-43(23-37)22-26-8-3-2-4-9-26)20-31-34(25)42-35(41-31)33-30(12-15-39-36(33)46)40-21-32(45)27-10-5-11-28(38)19-27/h2-5,8-12,15,18-20,32,45H,6-7,13-14,16-17,21-24H2,1H3,(H,41,42)(H2,39,40,46). The highest BCUT2D eigenvalue weighted by molar-refractivity contribution is 6.30. The second-order valence-electron chi connectivity index (χ2n) is 13.1. The SMILES string of the molecule is Cc1cc(N2CCCC3(CCCN(Cc4ccccc4)C3)C2)cc2[nH]c(-c3c(NCC(O)c4cccc(Cl)c4)cc[nH]c3=O)nc12. The zero-order valence-electron chi connectivity index (χ0n) is 26.2. The summed E-state index contributed by atoms with van der Waals surface area (Å²) < 4.78 is 0. The molecule has 8 nitrogen and oxygen atoms in total. The lowest BCUT2D eigenvalue weighted by Crippen LogP contribution is -2.52. The number of piperidine rings is 2. The third-order valence-electron chi connectivity index (χ3n) is 9.69. The number of aliphatic hydroxyl groups excluding tert-OH is 1. The highest BCUT2D eigenvalue weighted by Crippen LogP contribution is 2.41. The van der Waals surface area contributed by atoms with E-state index < -0.39 is 6.10 Å². The van der Waals surface area contributed by atoms with Gasteiger partial charge in [-0.25, -0.2) is 4.98 Å². The van der Waals surface area contributed by atoms with Crippen molar-refractivity contribution >= 4 is 34.0 Å². The molecule has 2 atom stereocenters. The van der Waals surface area contributed by atoms with E-state index in [-0.39, 0.29) is 12.1 Å². The maximum atomic E-state index is 13.1. The van der Waals surface area contributed by atoms with E-state index in [0.717, 1.165) is 49.3 Å². The average molecular weight is 637 g/mol. The van der Waals surface area contributed by atoms with Gasteiger partial charge in [-0.3, -0.25) is 9.69 Å². The topological polar surface area (TPSA) is 100 Å². The van der Waals surface area contributed by atoms with Gasteiger partial charge in [-0.2, -0.15) is 0 Å². The minimum Gasteiger partial charge on any atom is -0.387 e. The van der Waals surface area contributed by atoms with E-state index in [0.29, 0.717) is 33.1 Å². The van der Waals surface area contributed by atoms with Gasteiger partial charge < -0.3 is 25.3 Å². The Morgan fingerprint density at radius 1 is 1.02 bits per heavy atom. The largest absolute Gasteiger partial charge is 0.387 e. The Morgan fingerprint density at radius 3 is 2.67 bits per heavy atom. The molecule has 2 saturated heterocycles. The predicted molar refractivity (Wildman–Crippen MR) is 187 cm³/mol. The number of aromatic amines is 2. The number of pyridine rings is 1. The van der Waals surface area contributed by atoms with Crippen molar-refractivity contribution in [3.63, 3.8) is 0 Å². The van der Waals surface area contributed by atoms with Gasteiger partial charge in [0.2, 0.25) is 0 Å². The summed E-state index contributed by atoms with van der Waals surface area (Å²) in [6.07, 6.45) is 5.75. The smallest absolute Gasteiger partial charge is 0.261 e. The molecule has 0 bridgehead atoms. The first-order valence-electron chi connectivity index (χ1n) is 16.3. The Hall–Kier alpha value is -4.11. The van der Waals surface area contributed by atoms with Crippen LogP contribution in [0.4, 0.5) is 11.4 Å². The van der Waals surface area contributed by atoms with Crippen molar-refractivity contribution in [3.8, 4) is 11.4 Å². The number of aromatic nitrogens is 3. The van der Waals surface area contributed by atoms with Crippen LogP contribution in [0.25, 0.3) is 22.4 Å². The number of rotatable bonds is 8. The van der Waals surface area contributed by atoms with Gasteiger partial charge in [-0.05, 0) is 86.2 Å². The summed E-state index contributed by atoms with van der Waals surface area (Å²) in [4.78, 5) is 29.5. The summed E-state index contributed by atoms with van der Waals surface area (Å²) in [7, 11) is 0. The predicted octanol–water partition coefficient (Wildman–Crippen LogP) is 6.91. The van der Waals surface area contributed by atoms with Crippen molar-refractivity contribution in [2.45, 2.75) is 45.3 Å². The maximum Gasteiger partial charge on any atom is 0.261 e. The third-order valence-corrected chi connectivity index (χ3v) is 9.93. The molecule has 2 unspecified atom stereocenters. The number of hydrogen-bond acceptors (Lipinski definition) is 6. The number of aliphatic hydroxyl groups is 1. The van der Waals surface area contributed by atoms with E-state index in [9.17, 15) is 9.90 Å². The summed E-state index contributed by atoms with van der Waals surface area (Å²) >= 11 is 6.12. The van der Waals surface area contributed by atoms with Gasteiger partial charge in [0, 0.05) is 55.0 Å². The maximum absolute atomic E-state index is 13.1. The number of nitrogens with one attached hydrogen (secondary N) is 3. The molecule has 0 aliphatic carbocycles. The van der Waals surface area contributed by atoms with Gasteiger partial charge in [-0.1, -0.05) is 54.1 Å². The molecule has 238 valence electrons. The van der Waals surface area contributed by atoms with E-state index >= 15 is 0 Å². The lowest BCUT2D eigenvalue weighted by molar-refractivity contribution is 0.0685. The van der Waals surface area contributed by atoms with Gasteiger partial charge in [-0.15, -0.1) is 0 Å². The third kappa shape index (κ3) is 6.43. The molecule has 2 aliphatic rings. The van der Waals surface area contributed by atoms with Crippen LogP contribution < -0.4 is 15.8 Å². The molecule has 46 heavy (non-hydrogen) atoms. The Bertz CT molecular complexity index is 1880. The van der Waals surface area contributed by atoms with E-state index in [4.69, 9.17) is 16.6 Å². The van der Waals surface area contributed by atoms with Crippen molar-refractivity contribution in [2.75, 3.05) is 42.9 Å². The Morgan fingerprint density at radius 2 is 1.85 bits per heavy atom. The highest BCUT2D eigenvalue weighted by atomic mass is 35.5. The Balaban J connectivity index is 1.12. The molecule has 7 rings (SSSR count). The van der Waals surface area contributed by atoms with Crippen molar-refractivity contribution in [2.24, 2.45) is 5.41 Å². The lowest BCUT2D eigenvalue weighted by atomic mass is 9.73. The Labute approximate surface area is 274 Å². The monoisotopic (exact) mass is 636 g/mol. The molecule has 3 aromatic carbocycles. The van der Waals surface area contributed by atoms with Crippen molar-refractivity contribution in [1.29, 1.82) is 0 Å². The molecule has 4 N–H and O–H groups in total. The number of aryl methyl sites for hydroxylation is 1. The quantitative estimate of drug-likeness (QED) is 0.148. The second kappa shape index (κ2) is 12.9. The van der Waals surface area contributed by atoms with E-state index in [1.54, 1.807) is 24.4 Å². The van der Waals surface area contributed by atoms with Crippen LogP contribution in [0, 0.1) is 12.3 Å². The van der Waals surface area contributed by atoms with Gasteiger partial charge in [0.25, 0.3) is 5.56 Å². The number of nitrogens with zero attached hydrogens (tertiary/aromatic N) is 3. The molecule has 0 saturated carbocycles. The molecular formula is C37H41ClN6O2. The summed E-state index contributed by atoms with van der Waals surface area (Å²) in [5.41, 5.74) is 7.17. The Kier molecular flexibility index (Phi) is 8.60. The van der Waals surface area contributed by atoms with Crippen molar-refractivity contribution < 1.29 is 5.11 Å². The molecule has 4 heterocycles. The van der Waals surface area contributed by atoms with Crippen LogP contribution in [-0.2, 0) is 6.54 Å². The van der Waals surface area contributed by atoms with E-state index in [1.165, 1.54) is 36.9 Å². The van der Waals surface area contributed by atoms with Crippen molar-refractivity contribution in [1.82, 2.24) is 19.9 Å². The summed E-state index contributed by atoms with van der Waals surface area (Å²) in [5, 5.41) is 14.6. The molecule has 0 amide bonds. The fourth-order valence-electron chi connectivity index (χ4n) is 7.52. The van der Waals surface area contributed by atoms with Gasteiger partial charge in [0.1, 0.15) is 11.4 Å². The van der Waals surface area contributed by atoms with Crippen LogP contribution in [0.3, 0.4) is 0 Å². The van der Waals surface area contributed by atoms with E-state index in [1.807, 2.05) is 12.1 Å². The molecule has 2 aromatic heterocycles. The van der Waals surface area contributed by atoms with Crippen LogP contribution in [-0.4, -0.2) is 57.7 Å². The minimum atomic E-state index is -0.797. The van der Waals surface area contributed by atoms with E-state index in [2.05, 4.69) is 74.5 Å². The second-order valence-corrected chi connectivity index (χ2v) is 13.6. The number of fused-ring (bicyclic) bond motifs is 1. The van der Waals surface area contributed by atoms with Gasteiger partial charge >= 0.3 is 0 Å². The zero-order valence-corrected chi connectivity index (χ0v) is 27.0. The summed E-state index contributed by atoms with van der Waals surface area (Å²) in [5.74, 6) is 0.496. The van der Waals surface area contributed by atoms with Crippen LogP contribution in [0.1, 0.15) is 48.5 Å². The number of anilines is 2. The van der Waals surface area contributed by atoms with Crippen LogP contribution in [0.2, 0.25) is 5.02 Å². The average Bonchev–Trinajstić information content (AvgIpc) is 3.48. The fraction of sp³-hybridized carbons (Fsp3) is 0.351. The lowest BCUT2D eigenvalue weighted by Gasteiger charge is -2.49. The zero-order chi connectivity index (χ0) is 31.7. The van der Waals surface area contributed by atoms with Crippen molar-refractivity contribution in [3.05, 3.63) is 111 Å². The highest BCUT2D eigenvalue weighted by Gasteiger charge is 2.39. The molecule has 2 fully saturated rings. The number of imidazole rings is 1. The summed E-state index contributed by atoms with van der Waals surface area (Å²) in [6.45, 7) is 7.69. The minimum absolute atomic E-state index is 0.208. The first-order valence-corrected chi connectivity index (χ1v) is 16.6. The van der Waals surface area contributed by atoms with Gasteiger partial charge in [0.15, 0.2) is 0 Å². The van der Waals surface area contributed by atoms with Crippen LogP contribution >= 0.6 is 11.6 Å². The molecule has 5 aromatic rings. The van der Waals surface area contributed by atoms with Gasteiger partial charge in [0.05, 0.1) is 22.8 Å². The molecule has 2 aliphatic heterocycles. The normalized spacial score (nSPS) is 19.5. The summed E-state index contributed by atoms with van der Waals surface area (Å²) in [6, 6.07) is 24.2. The van der Waals surface area contributed by atoms with Crippen LogP contribution in [0.5, 0.6) is 0 Å². The number of benzene rings is 3. The number of halogens is 1. The molecule has 1 spiro atoms. The number of hydrogen-bond donors (Lipinski definition) is 4. The first-order chi connectivity index (χ1) is 22.4. The van der Waals surface area contributed by atoms with Crippen LogP contribution in [0.15, 0.2) is 83.8 Å². The molecule has 0 radical (unpaired) electrons. The molecule has 9 heteroatoms. The molecular weight excluding hydrogens is 596 g/mol. The number of likely N-dealkylation sites (tertiary alicyclic amines) is 1. The fourth-order valence-corrected chi connectivity index (χ4v) is 7.72. The number of H-pyrrole nitrogens is 2.